The van der Waals surface area contributed by atoms with E-state index in [1.807, 2.05) is 60.7 Å². The predicted octanol–water partition coefficient (Wildman–Crippen LogP) is 5.27. The summed E-state index contributed by atoms with van der Waals surface area (Å²) in [4.78, 5) is 28.2. The lowest BCUT2D eigenvalue weighted by Crippen LogP contribution is -2.38. The van der Waals surface area contributed by atoms with E-state index in [4.69, 9.17) is 10.5 Å². The molecule has 2 amide bonds. The molecule has 5 rings (SSSR count). The van der Waals surface area contributed by atoms with Gasteiger partial charge in [0, 0.05) is 28.8 Å². The maximum absolute atomic E-state index is 13.4. The Hall–Kier alpha value is -3.46. The fourth-order valence-electron chi connectivity index (χ4n) is 5.06. The molecule has 3 aromatic rings. The van der Waals surface area contributed by atoms with Crippen molar-refractivity contribution in [1.82, 2.24) is 4.90 Å². The number of morpholine rings is 1. The van der Waals surface area contributed by atoms with Gasteiger partial charge in [0.25, 0.3) is 0 Å². The number of halogens is 1. The molecule has 196 valence electrons. The third kappa shape index (κ3) is 6.51. The number of ether oxygens (including phenoxy) is 1. The second-order valence-corrected chi connectivity index (χ2v) is 10.7. The van der Waals surface area contributed by atoms with Gasteiger partial charge in [0.1, 0.15) is 0 Å². The minimum Gasteiger partial charge on any atom is -0.397 e. The summed E-state index contributed by atoms with van der Waals surface area (Å²) < 4.78 is 6.70. The number of rotatable bonds is 9. The van der Waals surface area contributed by atoms with Crippen molar-refractivity contribution in [3.63, 3.8) is 0 Å². The molecule has 1 unspecified atom stereocenters. The summed E-state index contributed by atoms with van der Waals surface area (Å²) in [5.41, 5.74) is 9.57. The molecule has 4 N–H and O–H groups in total. The van der Waals surface area contributed by atoms with Crippen LogP contribution in [0.1, 0.15) is 29.9 Å². The Balaban J connectivity index is 1.26. The second-order valence-electron chi connectivity index (χ2n) is 9.75. The van der Waals surface area contributed by atoms with Gasteiger partial charge in [-0.05, 0) is 73.0 Å². The molecule has 7 nitrogen and oxygen atoms in total. The summed E-state index contributed by atoms with van der Waals surface area (Å²) in [6, 6.07) is 23.0. The standard InChI is InChI=1S/C30H31BrN4O3/c31-22-10-12-23(13-11-22)33-30(37)26(15-16-35-18-25-17-24(35)19-38-25)21-8-5-20(6-9-21)7-14-29(36)34-28-4-2-1-3-27(28)32/h1-14,24-26H,15-19,32H2,(H,33,37)(H,34,36)/b14-7+/t24-,25-,26?/m0/s1. The molecule has 0 saturated carbocycles. The Morgan fingerprint density at radius 3 is 2.50 bits per heavy atom. The summed E-state index contributed by atoms with van der Waals surface area (Å²) in [6.45, 7) is 2.56. The topological polar surface area (TPSA) is 96.7 Å². The van der Waals surface area contributed by atoms with Crippen LogP contribution in [-0.2, 0) is 14.3 Å². The molecule has 38 heavy (non-hydrogen) atoms. The number of fused-ring (bicyclic) bond motifs is 2. The number of hydrogen-bond acceptors (Lipinski definition) is 5. The summed E-state index contributed by atoms with van der Waals surface area (Å²) in [5.74, 6) is -0.597. The van der Waals surface area contributed by atoms with Crippen molar-refractivity contribution in [2.45, 2.75) is 30.9 Å². The highest BCUT2D eigenvalue weighted by Crippen LogP contribution is 2.30. The van der Waals surface area contributed by atoms with E-state index in [9.17, 15) is 9.59 Å². The summed E-state index contributed by atoms with van der Waals surface area (Å²) in [5, 5.41) is 5.87. The normalized spacial score (nSPS) is 19.5. The smallest absolute Gasteiger partial charge is 0.248 e. The number of amides is 2. The van der Waals surface area contributed by atoms with Crippen LogP contribution < -0.4 is 16.4 Å². The summed E-state index contributed by atoms with van der Waals surface area (Å²) in [6.07, 6.45) is 5.35. The van der Waals surface area contributed by atoms with E-state index in [1.165, 1.54) is 6.08 Å². The molecule has 8 heteroatoms. The van der Waals surface area contributed by atoms with Crippen LogP contribution in [-0.4, -0.2) is 48.6 Å². The van der Waals surface area contributed by atoms with Crippen LogP contribution >= 0.6 is 15.9 Å². The van der Waals surface area contributed by atoms with Gasteiger partial charge in [-0.1, -0.05) is 52.3 Å². The van der Waals surface area contributed by atoms with Crippen molar-refractivity contribution in [3.05, 3.63) is 94.5 Å². The van der Waals surface area contributed by atoms with Crippen LogP contribution in [0.3, 0.4) is 0 Å². The van der Waals surface area contributed by atoms with Gasteiger partial charge in [0.05, 0.1) is 30.0 Å². The van der Waals surface area contributed by atoms with Crippen LogP contribution in [0.25, 0.3) is 6.08 Å². The summed E-state index contributed by atoms with van der Waals surface area (Å²) in [7, 11) is 0. The fraction of sp³-hybridized carbons (Fsp3) is 0.267. The van der Waals surface area contributed by atoms with Crippen LogP contribution in [0.5, 0.6) is 0 Å². The Morgan fingerprint density at radius 2 is 1.82 bits per heavy atom. The first-order valence-electron chi connectivity index (χ1n) is 12.8. The van der Waals surface area contributed by atoms with Crippen LogP contribution in [0.15, 0.2) is 83.3 Å². The zero-order valence-corrected chi connectivity index (χ0v) is 22.6. The van der Waals surface area contributed by atoms with E-state index in [-0.39, 0.29) is 17.7 Å². The average Bonchev–Trinajstić information content (AvgIpc) is 3.55. The minimum atomic E-state index is -0.305. The molecule has 0 radical (unpaired) electrons. The molecular weight excluding hydrogens is 544 g/mol. The van der Waals surface area contributed by atoms with E-state index < -0.39 is 0 Å². The molecule has 0 spiro atoms. The number of benzene rings is 3. The van der Waals surface area contributed by atoms with Gasteiger partial charge in [-0.25, -0.2) is 0 Å². The third-order valence-corrected chi connectivity index (χ3v) is 7.66. The highest BCUT2D eigenvalue weighted by molar-refractivity contribution is 9.10. The molecule has 2 aliphatic rings. The number of likely N-dealkylation sites (tertiary alicyclic amines) is 1. The first-order chi connectivity index (χ1) is 18.4. The summed E-state index contributed by atoms with van der Waals surface area (Å²) >= 11 is 3.44. The van der Waals surface area contributed by atoms with Crippen LogP contribution in [0, 0.1) is 0 Å². The SMILES string of the molecule is Nc1ccccc1NC(=O)/C=C/c1ccc(C(CCN2C[C@@H]3C[C@H]2CO3)C(=O)Nc2ccc(Br)cc2)cc1. The van der Waals surface area contributed by atoms with E-state index in [0.717, 1.165) is 47.4 Å². The van der Waals surface area contributed by atoms with Crippen molar-refractivity contribution in [2.75, 3.05) is 36.1 Å². The lowest BCUT2D eigenvalue weighted by molar-refractivity contribution is -0.118. The van der Waals surface area contributed by atoms with Crippen molar-refractivity contribution in [1.29, 1.82) is 0 Å². The van der Waals surface area contributed by atoms with Crippen molar-refractivity contribution >= 4 is 50.9 Å². The Morgan fingerprint density at radius 1 is 1.05 bits per heavy atom. The van der Waals surface area contributed by atoms with Crippen molar-refractivity contribution in [3.8, 4) is 0 Å². The number of nitrogen functional groups attached to an aromatic ring is 1. The Kier molecular flexibility index (Phi) is 8.22. The first-order valence-corrected chi connectivity index (χ1v) is 13.6. The van der Waals surface area contributed by atoms with Gasteiger partial charge in [-0.2, -0.15) is 0 Å². The Labute approximate surface area is 231 Å². The molecule has 3 atom stereocenters. The monoisotopic (exact) mass is 574 g/mol. The second kappa shape index (κ2) is 11.9. The van der Waals surface area contributed by atoms with E-state index in [2.05, 4.69) is 31.5 Å². The van der Waals surface area contributed by atoms with E-state index in [1.54, 1.807) is 18.2 Å². The maximum atomic E-state index is 13.4. The lowest BCUT2D eigenvalue weighted by Gasteiger charge is -2.28. The highest BCUT2D eigenvalue weighted by atomic mass is 79.9. The quantitative estimate of drug-likeness (QED) is 0.239. The van der Waals surface area contributed by atoms with Crippen molar-refractivity contribution in [2.24, 2.45) is 0 Å². The van der Waals surface area contributed by atoms with E-state index in [0.29, 0.717) is 29.9 Å². The van der Waals surface area contributed by atoms with Gasteiger partial charge in [0.15, 0.2) is 0 Å². The number of hydrogen-bond donors (Lipinski definition) is 3. The number of nitrogens with zero attached hydrogens (tertiary/aromatic N) is 1. The lowest BCUT2D eigenvalue weighted by atomic mass is 9.93. The van der Waals surface area contributed by atoms with Crippen molar-refractivity contribution < 1.29 is 14.3 Å². The molecule has 0 aromatic heterocycles. The zero-order chi connectivity index (χ0) is 26.5. The first kappa shape index (κ1) is 26.2. The number of carbonyl (C=O) groups is 2. The van der Waals surface area contributed by atoms with E-state index >= 15 is 0 Å². The zero-order valence-electron chi connectivity index (χ0n) is 21.0. The molecule has 2 bridgehead atoms. The average molecular weight is 576 g/mol. The van der Waals surface area contributed by atoms with Crippen LogP contribution in [0.4, 0.5) is 17.1 Å². The largest absolute Gasteiger partial charge is 0.397 e. The molecule has 2 heterocycles. The molecule has 3 aromatic carbocycles. The van der Waals surface area contributed by atoms with Gasteiger partial charge in [-0.15, -0.1) is 0 Å². The number of anilines is 3. The maximum Gasteiger partial charge on any atom is 0.248 e. The number of carbonyl (C=O) groups excluding carboxylic acids is 2. The predicted molar refractivity (Wildman–Crippen MR) is 155 cm³/mol. The fourth-order valence-corrected chi connectivity index (χ4v) is 5.32. The number of nitrogens with two attached hydrogens (primary N) is 1. The Bertz CT molecular complexity index is 1310. The minimum absolute atomic E-state index is 0.0314. The van der Waals surface area contributed by atoms with Crippen LogP contribution in [0.2, 0.25) is 0 Å². The highest BCUT2D eigenvalue weighted by Gasteiger charge is 2.39. The van der Waals surface area contributed by atoms with Gasteiger partial charge < -0.3 is 21.1 Å². The van der Waals surface area contributed by atoms with Gasteiger partial charge in [0.2, 0.25) is 11.8 Å². The molecule has 2 aliphatic heterocycles. The molecule has 2 saturated heterocycles. The van der Waals surface area contributed by atoms with Gasteiger partial charge in [-0.3, -0.25) is 14.5 Å². The number of para-hydroxylation sites is 2. The number of nitrogens with one attached hydrogen (secondary N) is 2. The molecular formula is C30H31BrN4O3. The third-order valence-electron chi connectivity index (χ3n) is 7.13. The molecule has 2 fully saturated rings. The van der Waals surface area contributed by atoms with Gasteiger partial charge >= 0.3 is 0 Å². The molecule has 0 aliphatic carbocycles.